The Morgan fingerprint density at radius 2 is 2.00 bits per heavy atom. The SMILES string of the molecule is COC(=O)Cc1cc(=O)c2cc(OC3CCCCC3)ccc2[nH]1. The van der Waals surface area contributed by atoms with Crippen LogP contribution in [-0.2, 0) is 16.0 Å². The van der Waals surface area contributed by atoms with Crippen LogP contribution in [-0.4, -0.2) is 24.2 Å². The number of H-pyrrole nitrogens is 1. The zero-order chi connectivity index (χ0) is 16.2. The standard InChI is InChI=1S/C18H21NO4/c1-22-18(21)10-12-9-17(20)15-11-14(7-8-16(15)19-12)23-13-5-3-2-4-6-13/h7-9,11,13H,2-6,10H2,1H3,(H,19,20). The summed E-state index contributed by atoms with van der Waals surface area (Å²) in [5.74, 6) is 0.355. The van der Waals surface area contributed by atoms with Gasteiger partial charge in [0.1, 0.15) is 5.75 Å². The summed E-state index contributed by atoms with van der Waals surface area (Å²) in [4.78, 5) is 26.7. The molecule has 1 saturated carbocycles. The summed E-state index contributed by atoms with van der Waals surface area (Å²) in [7, 11) is 1.33. The Labute approximate surface area is 134 Å². The van der Waals surface area contributed by atoms with Gasteiger partial charge in [-0.3, -0.25) is 9.59 Å². The van der Waals surface area contributed by atoms with Crippen molar-refractivity contribution in [3.8, 4) is 5.75 Å². The van der Waals surface area contributed by atoms with Crippen molar-refractivity contribution < 1.29 is 14.3 Å². The molecule has 1 fully saturated rings. The molecule has 0 unspecified atom stereocenters. The zero-order valence-electron chi connectivity index (χ0n) is 13.3. The number of fused-ring (bicyclic) bond motifs is 1. The van der Waals surface area contributed by atoms with Gasteiger partial charge in [-0.05, 0) is 43.9 Å². The molecule has 1 heterocycles. The normalized spacial score (nSPS) is 15.5. The molecule has 0 amide bonds. The summed E-state index contributed by atoms with van der Waals surface area (Å²) in [5.41, 5.74) is 1.13. The Kier molecular flexibility index (Phi) is 4.65. The van der Waals surface area contributed by atoms with E-state index in [0.717, 1.165) is 18.6 Å². The van der Waals surface area contributed by atoms with Gasteiger partial charge in [0, 0.05) is 22.7 Å². The number of ether oxygens (including phenoxy) is 2. The highest BCUT2D eigenvalue weighted by atomic mass is 16.5. The van der Waals surface area contributed by atoms with Crippen molar-refractivity contribution in [2.45, 2.75) is 44.6 Å². The van der Waals surface area contributed by atoms with E-state index < -0.39 is 0 Å². The first-order valence-electron chi connectivity index (χ1n) is 8.05. The first-order chi connectivity index (χ1) is 11.2. The van der Waals surface area contributed by atoms with Gasteiger partial charge in [-0.25, -0.2) is 0 Å². The minimum Gasteiger partial charge on any atom is -0.490 e. The Bertz CT molecular complexity index is 759. The van der Waals surface area contributed by atoms with Gasteiger partial charge in [-0.2, -0.15) is 0 Å². The average Bonchev–Trinajstić information content (AvgIpc) is 2.56. The molecule has 1 N–H and O–H groups in total. The topological polar surface area (TPSA) is 68.4 Å². The van der Waals surface area contributed by atoms with Crippen LogP contribution in [0.2, 0.25) is 0 Å². The fraction of sp³-hybridized carbons (Fsp3) is 0.444. The molecule has 0 spiro atoms. The van der Waals surface area contributed by atoms with Crippen LogP contribution in [0.3, 0.4) is 0 Å². The third-order valence-electron chi connectivity index (χ3n) is 4.27. The lowest BCUT2D eigenvalue weighted by Crippen LogP contribution is -2.19. The third kappa shape index (κ3) is 3.73. The molecule has 0 saturated heterocycles. The van der Waals surface area contributed by atoms with Crippen LogP contribution in [0.5, 0.6) is 5.75 Å². The number of pyridine rings is 1. The van der Waals surface area contributed by atoms with E-state index in [1.165, 1.54) is 32.4 Å². The molecule has 122 valence electrons. The van der Waals surface area contributed by atoms with Crippen LogP contribution in [0.4, 0.5) is 0 Å². The smallest absolute Gasteiger partial charge is 0.311 e. The predicted octanol–water partition coefficient (Wildman–Crippen LogP) is 2.96. The summed E-state index contributed by atoms with van der Waals surface area (Å²) in [6.07, 6.45) is 6.14. The van der Waals surface area contributed by atoms with E-state index in [2.05, 4.69) is 9.72 Å². The maximum atomic E-state index is 12.3. The highest BCUT2D eigenvalue weighted by Gasteiger charge is 2.15. The highest BCUT2D eigenvalue weighted by Crippen LogP contribution is 2.25. The van der Waals surface area contributed by atoms with E-state index in [9.17, 15) is 9.59 Å². The summed E-state index contributed by atoms with van der Waals surface area (Å²) in [6.45, 7) is 0. The van der Waals surface area contributed by atoms with Crippen molar-refractivity contribution in [3.63, 3.8) is 0 Å². The number of hydrogen-bond acceptors (Lipinski definition) is 4. The number of hydrogen-bond donors (Lipinski definition) is 1. The molecular formula is C18H21NO4. The van der Waals surface area contributed by atoms with E-state index in [4.69, 9.17) is 4.74 Å². The van der Waals surface area contributed by atoms with Crippen molar-refractivity contribution in [1.29, 1.82) is 0 Å². The van der Waals surface area contributed by atoms with Crippen LogP contribution >= 0.6 is 0 Å². The molecule has 5 heteroatoms. The molecular weight excluding hydrogens is 294 g/mol. The lowest BCUT2D eigenvalue weighted by Gasteiger charge is -2.23. The molecule has 0 bridgehead atoms. The monoisotopic (exact) mass is 315 g/mol. The summed E-state index contributed by atoms with van der Waals surface area (Å²) in [6, 6.07) is 6.93. The third-order valence-corrected chi connectivity index (χ3v) is 4.27. The van der Waals surface area contributed by atoms with E-state index in [0.29, 0.717) is 16.6 Å². The second-order valence-corrected chi connectivity index (χ2v) is 6.00. The second-order valence-electron chi connectivity index (χ2n) is 6.00. The minimum atomic E-state index is -0.378. The number of methoxy groups -OCH3 is 1. The lowest BCUT2D eigenvalue weighted by molar-refractivity contribution is -0.139. The fourth-order valence-electron chi connectivity index (χ4n) is 3.05. The number of nitrogens with one attached hydrogen (secondary N) is 1. The quantitative estimate of drug-likeness (QED) is 0.881. The number of carbonyl (C=O) groups is 1. The molecule has 0 aliphatic heterocycles. The van der Waals surface area contributed by atoms with Crippen LogP contribution in [0.15, 0.2) is 29.1 Å². The molecule has 5 nitrogen and oxygen atoms in total. The molecule has 1 aromatic carbocycles. The molecule has 1 aliphatic carbocycles. The largest absolute Gasteiger partial charge is 0.490 e. The number of rotatable bonds is 4. The maximum Gasteiger partial charge on any atom is 0.311 e. The number of benzene rings is 1. The lowest BCUT2D eigenvalue weighted by atomic mass is 9.98. The van der Waals surface area contributed by atoms with Crippen molar-refractivity contribution in [2.75, 3.05) is 7.11 Å². The zero-order valence-corrected chi connectivity index (χ0v) is 13.3. The van der Waals surface area contributed by atoms with Gasteiger partial charge >= 0.3 is 5.97 Å². The van der Waals surface area contributed by atoms with Gasteiger partial charge in [-0.1, -0.05) is 6.42 Å². The van der Waals surface area contributed by atoms with Crippen LogP contribution < -0.4 is 10.2 Å². The van der Waals surface area contributed by atoms with Crippen molar-refractivity contribution in [1.82, 2.24) is 4.98 Å². The van der Waals surface area contributed by atoms with Crippen molar-refractivity contribution >= 4 is 16.9 Å². The Morgan fingerprint density at radius 3 is 2.74 bits per heavy atom. The van der Waals surface area contributed by atoms with E-state index >= 15 is 0 Å². The van der Waals surface area contributed by atoms with Crippen molar-refractivity contribution in [3.05, 3.63) is 40.2 Å². The van der Waals surface area contributed by atoms with Gasteiger partial charge in [0.15, 0.2) is 5.43 Å². The van der Waals surface area contributed by atoms with Gasteiger partial charge in [0.05, 0.1) is 19.6 Å². The Hall–Kier alpha value is -2.30. The molecule has 1 aromatic heterocycles. The summed E-state index contributed by atoms with van der Waals surface area (Å²) < 4.78 is 10.6. The molecule has 23 heavy (non-hydrogen) atoms. The molecule has 3 rings (SSSR count). The second kappa shape index (κ2) is 6.86. The van der Waals surface area contributed by atoms with Gasteiger partial charge < -0.3 is 14.5 Å². The minimum absolute atomic E-state index is 0.0575. The molecule has 2 aromatic rings. The predicted molar refractivity (Wildman–Crippen MR) is 87.8 cm³/mol. The first-order valence-corrected chi connectivity index (χ1v) is 8.05. The number of carbonyl (C=O) groups excluding carboxylic acids is 1. The Balaban J connectivity index is 1.85. The van der Waals surface area contributed by atoms with Crippen molar-refractivity contribution in [2.24, 2.45) is 0 Å². The van der Waals surface area contributed by atoms with Crippen LogP contribution in [0.1, 0.15) is 37.8 Å². The number of aromatic amines is 1. The number of aromatic nitrogens is 1. The Morgan fingerprint density at radius 1 is 1.22 bits per heavy atom. The van der Waals surface area contributed by atoms with Gasteiger partial charge in [-0.15, -0.1) is 0 Å². The van der Waals surface area contributed by atoms with E-state index in [1.54, 1.807) is 6.07 Å². The summed E-state index contributed by atoms with van der Waals surface area (Å²) >= 11 is 0. The van der Waals surface area contributed by atoms with E-state index in [-0.39, 0.29) is 23.9 Å². The highest BCUT2D eigenvalue weighted by molar-refractivity contribution is 5.81. The van der Waals surface area contributed by atoms with Gasteiger partial charge in [0.2, 0.25) is 0 Å². The fourth-order valence-corrected chi connectivity index (χ4v) is 3.05. The number of esters is 1. The van der Waals surface area contributed by atoms with Gasteiger partial charge in [0.25, 0.3) is 0 Å². The molecule has 0 radical (unpaired) electrons. The first kappa shape index (κ1) is 15.6. The van der Waals surface area contributed by atoms with Crippen LogP contribution in [0, 0.1) is 0 Å². The average molecular weight is 315 g/mol. The molecule has 0 atom stereocenters. The van der Waals surface area contributed by atoms with E-state index in [1.807, 2.05) is 12.1 Å². The molecule has 1 aliphatic rings. The van der Waals surface area contributed by atoms with Crippen LogP contribution in [0.25, 0.3) is 10.9 Å². The maximum absolute atomic E-state index is 12.3. The summed E-state index contributed by atoms with van der Waals surface area (Å²) in [5, 5.41) is 0.576.